The van der Waals surface area contributed by atoms with Gasteiger partial charge in [-0.3, -0.25) is 0 Å². The Kier molecular flexibility index (Phi) is 6.35. The maximum atomic E-state index is 2.38. The Morgan fingerprint density at radius 3 is 1.73 bits per heavy atom. The summed E-state index contributed by atoms with van der Waals surface area (Å²) in [5, 5.41) is 3.05. The molecule has 3 aromatic carbocycles. The van der Waals surface area contributed by atoms with E-state index in [-0.39, 0.29) is 0 Å². The zero-order chi connectivity index (χ0) is 21.1. The fourth-order valence-electron chi connectivity index (χ4n) is 4.42. The van der Waals surface area contributed by atoms with Gasteiger partial charge in [-0.1, -0.05) is 91.0 Å². The van der Waals surface area contributed by atoms with Crippen molar-refractivity contribution >= 4 is 18.5 Å². The van der Waals surface area contributed by atoms with Gasteiger partial charge < -0.3 is 0 Å². The summed E-state index contributed by atoms with van der Waals surface area (Å²) in [5.41, 5.74) is 7.60. The SMILES string of the molecule is Cc1cccc(P(c2cccc(C)c2C)C(CC2C=CC=C2)c2ccccc2)c1C. The Bertz CT molecular complexity index is 1010. The second kappa shape index (κ2) is 9.15. The molecule has 1 atom stereocenters. The number of aryl methyl sites for hydroxylation is 2. The molecule has 0 amide bonds. The first-order valence-corrected chi connectivity index (χ1v) is 12.3. The monoisotopic (exact) mass is 410 g/mol. The van der Waals surface area contributed by atoms with Crippen molar-refractivity contribution in [1.29, 1.82) is 0 Å². The van der Waals surface area contributed by atoms with Gasteiger partial charge in [0.05, 0.1) is 0 Å². The first kappa shape index (κ1) is 20.8. The lowest BCUT2D eigenvalue weighted by Gasteiger charge is -2.33. The van der Waals surface area contributed by atoms with Crippen LogP contribution in [-0.2, 0) is 0 Å². The molecule has 30 heavy (non-hydrogen) atoms. The zero-order valence-electron chi connectivity index (χ0n) is 18.5. The maximum absolute atomic E-state index is 2.38. The van der Waals surface area contributed by atoms with E-state index >= 15 is 0 Å². The van der Waals surface area contributed by atoms with Crippen LogP contribution in [-0.4, -0.2) is 0 Å². The highest BCUT2D eigenvalue weighted by molar-refractivity contribution is 7.73. The molecule has 0 spiro atoms. The summed E-state index contributed by atoms with van der Waals surface area (Å²) in [6, 6.07) is 24.9. The van der Waals surface area contributed by atoms with E-state index in [0.29, 0.717) is 11.6 Å². The van der Waals surface area contributed by atoms with Crippen LogP contribution in [0.1, 0.15) is 39.9 Å². The van der Waals surface area contributed by atoms with Crippen molar-refractivity contribution in [1.82, 2.24) is 0 Å². The molecule has 1 heteroatoms. The number of hydrogen-bond donors (Lipinski definition) is 0. The predicted molar refractivity (Wildman–Crippen MR) is 134 cm³/mol. The third-order valence-corrected chi connectivity index (χ3v) is 9.63. The first-order valence-electron chi connectivity index (χ1n) is 10.9. The lowest BCUT2D eigenvalue weighted by atomic mass is 10.0. The van der Waals surface area contributed by atoms with Gasteiger partial charge in [0.2, 0.25) is 0 Å². The Morgan fingerprint density at radius 2 is 1.20 bits per heavy atom. The van der Waals surface area contributed by atoms with Crippen LogP contribution in [0.3, 0.4) is 0 Å². The lowest BCUT2D eigenvalue weighted by Crippen LogP contribution is -2.23. The Balaban J connectivity index is 1.93. The van der Waals surface area contributed by atoms with Crippen LogP contribution in [0, 0.1) is 33.6 Å². The fourth-order valence-corrected chi connectivity index (χ4v) is 7.84. The standard InChI is InChI=1S/C29H31P/c1-21-12-10-18-27(23(21)3)30(28-19-11-13-22(2)24(28)4)29(20-25-14-8-9-15-25)26-16-6-5-7-17-26/h5-19,25,29H,20H2,1-4H3. The van der Waals surface area contributed by atoms with E-state index in [9.17, 15) is 0 Å². The number of benzene rings is 3. The van der Waals surface area contributed by atoms with E-state index in [0.717, 1.165) is 6.42 Å². The summed E-state index contributed by atoms with van der Waals surface area (Å²) in [4.78, 5) is 0. The molecule has 1 aliphatic rings. The summed E-state index contributed by atoms with van der Waals surface area (Å²) in [7, 11) is -0.549. The van der Waals surface area contributed by atoms with E-state index < -0.39 is 7.92 Å². The Morgan fingerprint density at radius 1 is 0.667 bits per heavy atom. The van der Waals surface area contributed by atoms with E-state index in [2.05, 4.69) is 119 Å². The molecule has 0 radical (unpaired) electrons. The molecular weight excluding hydrogens is 379 g/mol. The summed E-state index contributed by atoms with van der Waals surface area (Å²) >= 11 is 0. The average Bonchev–Trinajstić information content (AvgIpc) is 3.27. The molecule has 4 rings (SSSR count). The molecule has 0 heterocycles. The number of rotatable bonds is 6. The van der Waals surface area contributed by atoms with E-state index in [4.69, 9.17) is 0 Å². The summed E-state index contributed by atoms with van der Waals surface area (Å²) < 4.78 is 0. The van der Waals surface area contributed by atoms with Crippen LogP contribution in [0.15, 0.2) is 91.0 Å². The Labute approximate surface area is 183 Å². The van der Waals surface area contributed by atoms with Gasteiger partial charge >= 0.3 is 0 Å². The van der Waals surface area contributed by atoms with E-state index in [1.54, 1.807) is 0 Å². The van der Waals surface area contributed by atoms with Gasteiger partial charge in [0.1, 0.15) is 0 Å². The summed E-state index contributed by atoms with van der Waals surface area (Å²) in [6.07, 6.45) is 10.3. The van der Waals surface area contributed by atoms with Crippen molar-refractivity contribution in [3.05, 3.63) is 119 Å². The molecule has 0 fully saturated rings. The fraction of sp³-hybridized carbons (Fsp3) is 0.241. The summed E-state index contributed by atoms with van der Waals surface area (Å²) in [6.45, 7) is 9.11. The largest absolute Gasteiger partial charge is 0.0776 e. The normalized spacial score (nSPS) is 14.6. The minimum Gasteiger partial charge on any atom is -0.0776 e. The van der Waals surface area contributed by atoms with Crippen molar-refractivity contribution in [2.24, 2.45) is 5.92 Å². The van der Waals surface area contributed by atoms with Crippen LogP contribution < -0.4 is 10.6 Å². The smallest absolute Gasteiger partial charge is 0.0131 e. The highest BCUT2D eigenvalue weighted by atomic mass is 31.1. The molecule has 0 saturated carbocycles. The average molecular weight is 411 g/mol. The topological polar surface area (TPSA) is 0 Å². The second-order valence-electron chi connectivity index (χ2n) is 8.40. The molecule has 0 N–H and O–H groups in total. The van der Waals surface area contributed by atoms with Crippen LogP contribution in [0.5, 0.6) is 0 Å². The Hall–Kier alpha value is -2.43. The van der Waals surface area contributed by atoms with Crippen molar-refractivity contribution in [2.75, 3.05) is 0 Å². The van der Waals surface area contributed by atoms with E-state index in [1.165, 1.54) is 38.4 Å². The van der Waals surface area contributed by atoms with Gasteiger partial charge in [0, 0.05) is 5.66 Å². The minimum atomic E-state index is -0.549. The summed E-state index contributed by atoms with van der Waals surface area (Å²) in [5.74, 6) is 0.510. The van der Waals surface area contributed by atoms with Gasteiger partial charge in [-0.15, -0.1) is 0 Å². The lowest BCUT2D eigenvalue weighted by molar-refractivity contribution is 0.698. The quantitative estimate of drug-likeness (QED) is 0.376. The molecule has 0 bridgehead atoms. The van der Waals surface area contributed by atoms with Crippen LogP contribution in [0.2, 0.25) is 0 Å². The molecule has 0 aliphatic heterocycles. The van der Waals surface area contributed by atoms with Gasteiger partial charge in [-0.2, -0.15) is 0 Å². The molecule has 0 aromatic heterocycles. The maximum Gasteiger partial charge on any atom is 0.0131 e. The highest BCUT2D eigenvalue weighted by Gasteiger charge is 2.30. The second-order valence-corrected chi connectivity index (χ2v) is 10.7. The van der Waals surface area contributed by atoms with Crippen LogP contribution in [0.4, 0.5) is 0 Å². The molecule has 1 aliphatic carbocycles. The van der Waals surface area contributed by atoms with Gasteiger partial charge in [-0.25, -0.2) is 0 Å². The zero-order valence-corrected chi connectivity index (χ0v) is 19.4. The number of hydrogen-bond acceptors (Lipinski definition) is 0. The van der Waals surface area contributed by atoms with Crippen molar-refractivity contribution in [3.63, 3.8) is 0 Å². The van der Waals surface area contributed by atoms with Crippen LogP contribution in [0.25, 0.3) is 0 Å². The van der Waals surface area contributed by atoms with Crippen LogP contribution >= 0.6 is 7.92 Å². The van der Waals surface area contributed by atoms with Gasteiger partial charge in [-0.05, 0) is 86.4 Å². The third kappa shape index (κ3) is 4.21. The van der Waals surface area contributed by atoms with Crippen molar-refractivity contribution in [2.45, 2.75) is 39.8 Å². The first-order chi connectivity index (χ1) is 14.6. The van der Waals surface area contributed by atoms with E-state index in [1.807, 2.05) is 0 Å². The predicted octanol–water partition coefficient (Wildman–Crippen LogP) is 7.23. The van der Waals surface area contributed by atoms with Gasteiger partial charge in [0.25, 0.3) is 0 Å². The van der Waals surface area contributed by atoms with Crippen molar-refractivity contribution in [3.8, 4) is 0 Å². The molecule has 0 saturated heterocycles. The van der Waals surface area contributed by atoms with Crippen molar-refractivity contribution < 1.29 is 0 Å². The third-order valence-electron chi connectivity index (χ3n) is 6.49. The molecule has 1 unspecified atom stereocenters. The molecule has 3 aromatic rings. The van der Waals surface area contributed by atoms with Gasteiger partial charge in [0.15, 0.2) is 0 Å². The minimum absolute atomic E-state index is 0.472. The molecular formula is C29H31P. The molecule has 0 nitrogen and oxygen atoms in total. The molecule has 152 valence electrons. The number of allylic oxidation sites excluding steroid dienone is 4. The highest BCUT2D eigenvalue weighted by Crippen LogP contribution is 2.54.